The van der Waals surface area contributed by atoms with Gasteiger partial charge in [-0.1, -0.05) is 194 Å². The van der Waals surface area contributed by atoms with Crippen molar-refractivity contribution < 1.29 is 4.42 Å². The Labute approximate surface area is 373 Å². The van der Waals surface area contributed by atoms with Gasteiger partial charge in [0.05, 0.1) is 27.8 Å². The van der Waals surface area contributed by atoms with Gasteiger partial charge in [-0.25, -0.2) is 0 Å². The number of nitrogens with zero attached hydrogens (tertiary/aromatic N) is 2. The van der Waals surface area contributed by atoms with Crippen molar-refractivity contribution >= 4 is 89.6 Å². The second kappa shape index (κ2) is 15.6. The largest absolute Gasteiger partial charge is 0.456 e. The minimum absolute atomic E-state index is 0.862. The van der Waals surface area contributed by atoms with Gasteiger partial charge in [-0.2, -0.15) is 0 Å². The van der Waals surface area contributed by atoms with E-state index in [4.69, 9.17) is 4.42 Å². The van der Waals surface area contributed by atoms with Gasteiger partial charge in [0.1, 0.15) is 11.2 Å². The van der Waals surface area contributed by atoms with Crippen molar-refractivity contribution in [3.8, 4) is 16.8 Å². The van der Waals surface area contributed by atoms with E-state index in [1.54, 1.807) is 0 Å². The smallest absolute Gasteiger partial charge is 0.179 e. The van der Waals surface area contributed by atoms with Crippen LogP contribution in [0.3, 0.4) is 0 Å². The molecule has 0 aliphatic rings. The molecule has 12 rings (SSSR count). The minimum atomic E-state index is -2.64. The predicted octanol–water partition coefficient (Wildman–Crippen LogP) is 13.2. The lowest BCUT2D eigenvalue weighted by Crippen LogP contribution is -2.74. The molecule has 0 unspecified atom stereocenters. The first kappa shape index (κ1) is 37.6. The fraction of sp³-hybridized carbons (Fsp3) is 0. The van der Waals surface area contributed by atoms with Crippen LogP contribution in [0.15, 0.2) is 259 Å². The first-order valence-electron chi connectivity index (χ1n) is 21.9. The summed E-state index contributed by atoms with van der Waals surface area (Å²) in [4.78, 5) is 2.43. The summed E-state index contributed by atoms with van der Waals surface area (Å²) < 4.78 is 8.89. The summed E-state index contributed by atoms with van der Waals surface area (Å²) >= 11 is 0. The summed E-state index contributed by atoms with van der Waals surface area (Å²) in [5.41, 5.74) is 10.7. The molecule has 64 heavy (non-hydrogen) atoms. The van der Waals surface area contributed by atoms with Gasteiger partial charge in [0.15, 0.2) is 8.07 Å². The average Bonchev–Trinajstić information content (AvgIpc) is 3.93. The molecule has 0 N–H and O–H groups in total. The Morgan fingerprint density at radius 3 is 1.41 bits per heavy atom. The zero-order valence-corrected chi connectivity index (χ0v) is 36.1. The molecule has 4 heteroatoms. The number of hydrogen-bond donors (Lipinski definition) is 0. The summed E-state index contributed by atoms with van der Waals surface area (Å²) in [7, 11) is -2.64. The molecule has 12 aromatic rings. The first-order chi connectivity index (χ1) is 31.8. The van der Waals surface area contributed by atoms with Crippen molar-refractivity contribution in [2.75, 3.05) is 4.90 Å². The summed E-state index contributed by atoms with van der Waals surface area (Å²) in [6, 6.07) is 92.7. The van der Waals surface area contributed by atoms with Crippen LogP contribution in [0.1, 0.15) is 0 Å². The van der Waals surface area contributed by atoms with E-state index in [2.05, 4.69) is 258 Å². The Hall–Kier alpha value is -8.18. The van der Waals surface area contributed by atoms with E-state index in [1.807, 2.05) is 6.07 Å². The van der Waals surface area contributed by atoms with Crippen LogP contribution in [0.5, 0.6) is 0 Å². The highest BCUT2D eigenvalue weighted by molar-refractivity contribution is 7.19. The van der Waals surface area contributed by atoms with Gasteiger partial charge in [0, 0.05) is 27.5 Å². The zero-order valence-electron chi connectivity index (χ0n) is 35.1. The summed E-state index contributed by atoms with van der Waals surface area (Å²) in [5, 5.41) is 10.0. The SMILES string of the molecule is c1ccc(-n2c3ccccc3c3c(N(c4ccc(-c5ccc([Si](c6ccccc6)(c6ccccc6)c6ccccc6)cc5)cc4)c4cccc5oc6ccccc6c45)cccc32)cc1. The van der Waals surface area contributed by atoms with Crippen LogP contribution in [-0.4, -0.2) is 12.6 Å². The third kappa shape index (κ3) is 6.03. The van der Waals surface area contributed by atoms with E-state index in [9.17, 15) is 0 Å². The van der Waals surface area contributed by atoms with E-state index in [0.717, 1.165) is 55.8 Å². The van der Waals surface area contributed by atoms with Crippen molar-refractivity contribution in [1.29, 1.82) is 0 Å². The maximum absolute atomic E-state index is 6.50. The van der Waals surface area contributed by atoms with Gasteiger partial charge in [0.25, 0.3) is 0 Å². The van der Waals surface area contributed by atoms with Gasteiger partial charge >= 0.3 is 0 Å². The number of benzene rings is 10. The fourth-order valence-electron chi connectivity index (χ4n) is 10.2. The van der Waals surface area contributed by atoms with E-state index in [-0.39, 0.29) is 0 Å². The van der Waals surface area contributed by atoms with Crippen molar-refractivity contribution in [1.82, 2.24) is 4.57 Å². The number of para-hydroxylation sites is 3. The Kier molecular flexibility index (Phi) is 9.17. The highest BCUT2D eigenvalue weighted by Crippen LogP contribution is 2.47. The molecule has 0 aliphatic carbocycles. The Morgan fingerprint density at radius 1 is 0.328 bits per heavy atom. The number of hydrogen-bond acceptors (Lipinski definition) is 2. The number of aromatic nitrogens is 1. The summed E-state index contributed by atoms with van der Waals surface area (Å²) in [5.74, 6) is 0. The average molecular weight is 835 g/mol. The van der Waals surface area contributed by atoms with Gasteiger partial charge in [-0.05, 0) is 92.5 Å². The topological polar surface area (TPSA) is 21.3 Å². The van der Waals surface area contributed by atoms with E-state index >= 15 is 0 Å². The van der Waals surface area contributed by atoms with Gasteiger partial charge in [-0.3, -0.25) is 0 Å². The van der Waals surface area contributed by atoms with Gasteiger partial charge in [0.2, 0.25) is 0 Å². The molecule has 2 heterocycles. The van der Waals surface area contributed by atoms with Crippen LogP contribution < -0.4 is 25.6 Å². The molecule has 0 spiro atoms. The normalized spacial score (nSPS) is 11.8. The molecule has 0 fully saturated rings. The van der Waals surface area contributed by atoms with Crippen LogP contribution in [0.2, 0.25) is 0 Å². The second-order valence-electron chi connectivity index (χ2n) is 16.4. The highest BCUT2D eigenvalue weighted by Gasteiger charge is 2.41. The standard InChI is InChI=1S/C60H42N2OSi/c1-5-19-45(20-6-1)61-53-29-15-13-27-51(53)59-54(61)30-17-31-55(59)62(56-32-18-34-58-60(56)52-28-14-16-33-57(52)63-58)46-39-35-43(36-40-46)44-37-41-50(42-38-44)64(47-21-7-2-8-22-47,48-23-9-3-10-24-48)49-25-11-4-12-26-49/h1-42H. The Bertz CT molecular complexity index is 3490. The van der Waals surface area contributed by atoms with Crippen molar-refractivity contribution in [3.05, 3.63) is 255 Å². The lowest BCUT2D eigenvalue weighted by Gasteiger charge is -2.34. The molecule has 3 nitrogen and oxygen atoms in total. The number of rotatable bonds is 9. The first-order valence-corrected chi connectivity index (χ1v) is 23.9. The molecule has 0 bridgehead atoms. The van der Waals surface area contributed by atoms with Crippen molar-refractivity contribution in [2.24, 2.45) is 0 Å². The molecular weight excluding hydrogens is 793 g/mol. The molecule has 0 atom stereocenters. The quantitative estimate of drug-likeness (QED) is 0.107. The molecular formula is C60H42N2OSi. The summed E-state index contributed by atoms with van der Waals surface area (Å²) in [6.07, 6.45) is 0. The van der Waals surface area contributed by atoms with Crippen molar-refractivity contribution in [2.45, 2.75) is 0 Å². The molecule has 302 valence electrons. The fourth-order valence-corrected chi connectivity index (χ4v) is 14.9. The lowest BCUT2D eigenvalue weighted by atomic mass is 10.0. The van der Waals surface area contributed by atoms with Crippen LogP contribution in [0.25, 0.3) is 60.6 Å². The van der Waals surface area contributed by atoms with Crippen LogP contribution in [0, 0.1) is 0 Å². The third-order valence-electron chi connectivity index (χ3n) is 12.9. The van der Waals surface area contributed by atoms with Gasteiger partial charge < -0.3 is 13.9 Å². The van der Waals surface area contributed by atoms with Crippen LogP contribution in [-0.2, 0) is 0 Å². The third-order valence-corrected chi connectivity index (χ3v) is 17.7. The van der Waals surface area contributed by atoms with Gasteiger partial charge in [-0.15, -0.1) is 0 Å². The molecule has 10 aromatic carbocycles. The van der Waals surface area contributed by atoms with E-state index in [1.165, 1.54) is 42.6 Å². The maximum Gasteiger partial charge on any atom is 0.179 e. The second-order valence-corrected chi connectivity index (χ2v) is 20.2. The zero-order chi connectivity index (χ0) is 42.5. The number of fused-ring (bicyclic) bond motifs is 6. The Morgan fingerprint density at radius 2 is 0.781 bits per heavy atom. The maximum atomic E-state index is 6.50. The van der Waals surface area contributed by atoms with Crippen LogP contribution in [0.4, 0.5) is 17.1 Å². The Balaban J connectivity index is 1.03. The number of furan rings is 1. The van der Waals surface area contributed by atoms with E-state index in [0.29, 0.717) is 0 Å². The molecule has 0 saturated carbocycles. The molecule has 0 saturated heterocycles. The highest BCUT2D eigenvalue weighted by atomic mass is 28.3. The minimum Gasteiger partial charge on any atom is -0.456 e. The van der Waals surface area contributed by atoms with E-state index < -0.39 is 8.07 Å². The predicted molar refractivity (Wildman–Crippen MR) is 272 cm³/mol. The molecule has 0 radical (unpaired) electrons. The number of anilines is 3. The summed E-state index contributed by atoms with van der Waals surface area (Å²) in [6.45, 7) is 0. The van der Waals surface area contributed by atoms with Crippen molar-refractivity contribution in [3.63, 3.8) is 0 Å². The lowest BCUT2D eigenvalue weighted by molar-refractivity contribution is 0.669. The molecule has 0 amide bonds. The molecule has 2 aromatic heterocycles. The monoisotopic (exact) mass is 834 g/mol. The van der Waals surface area contributed by atoms with Crippen LogP contribution >= 0.6 is 0 Å². The molecule has 0 aliphatic heterocycles.